The molecule has 0 radical (unpaired) electrons. The fraction of sp³-hybridized carbons (Fsp3) is 0.800. The Morgan fingerprint density at radius 1 is 1.19 bits per heavy atom. The van der Waals surface area contributed by atoms with E-state index in [2.05, 4.69) is 0 Å². The van der Waals surface area contributed by atoms with Crippen LogP contribution in [0.15, 0.2) is 0 Å². The van der Waals surface area contributed by atoms with Crippen molar-refractivity contribution in [3.8, 4) is 0 Å². The number of amides is 2. The Kier molecular flexibility index (Phi) is 3.00. The molecule has 2 fully saturated rings. The van der Waals surface area contributed by atoms with Gasteiger partial charge in [-0.1, -0.05) is 0 Å². The topological polar surface area (TPSA) is 81.1 Å². The van der Waals surface area contributed by atoms with Crippen LogP contribution in [0, 0.1) is 0 Å². The molecule has 2 rings (SSSR count). The predicted octanol–water partition coefficient (Wildman–Crippen LogP) is -0.278. The van der Waals surface area contributed by atoms with Gasteiger partial charge in [-0.25, -0.2) is 4.79 Å². The normalized spacial score (nSPS) is 28.3. The van der Waals surface area contributed by atoms with Gasteiger partial charge in [0, 0.05) is 19.5 Å². The quantitative estimate of drug-likeness (QED) is 0.681. The summed E-state index contributed by atoms with van der Waals surface area (Å²) in [7, 11) is 0. The highest BCUT2D eigenvalue weighted by molar-refractivity contribution is 5.77. The lowest BCUT2D eigenvalue weighted by Gasteiger charge is -2.39. The van der Waals surface area contributed by atoms with Gasteiger partial charge >= 0.3 is 6.09 Å². The molecule has 2 unspecified atom stereocenters. The van der Waals surface area contributed by atoms with Crippen molar-refractivity contribution in [3.63, 3.8) is 0 Å². The van der Waals surface area contributed by atoms with Gasteiger partial charge in [0.1, 0.15) is 0 Å². The lowest BCUT2D eigenvalue weighted by molar-refractivity contribution is -0.134. The van der Waals surface area contributed by atoms with Gasteiger partial charge < -0.3 is 15.1 Å². The molecule has 0 spiro atoms. The van der Waals surface area contributed by atoms with E-state index in [1.165, 1.54) is 4.90 Å². The molecule has 90 valence electrons. The first-order chi connectivity index (χ1) is 7.63. The summed E-state index contributed by atoms with van der Waals surface area (Å²) in [5.41, 5.74) is 0. The highest BCUT2D eigenvalue weighted by Crippen LogP contribution is 2.30. The Hall–Kier alpha value is -1.30. The lowest BCUT2D eigenvalue weighted by atomic mass is 10.2. The Balaban J connectivity index is 2.02. The lowest BCUT2D eigenvalue weighted by Crippen LogP contribution is -2.56. The summed E-state index contributed by atoms with van der Waals surface area (Å²) in [4.78, 5) is 25.7. The van der Waals surface area contributed by atoms with Crippen LogP contribution in [0.2, 0.25) is 0 Å². The zero-order chi connectivity index (χ0) is 11.7. The van der Waals surface area contributed by atoms with Crippen molar-refractivity contribution in [1.82, 2.24) is 9.80 Å². The van der Waals surface area contributed by atoms with Crippen molar-refractivity contribution in [2.45, 2.75) is 31.3 Å². The van der Waals surface area contributed by atoms with E-state index in [-0.39, 0.29) is 31.0 Å². The van der Waals surface area contributed by atoms with E-state index < -0.39 is 6.09 Å². The van der Waals surface area contributed by atoms with Gasteiger partial charge in [-0.15, -0.1) is 0 Å². The molecule has 2 bridgehead atoms. The first-order valence-corrected chi connectivity index (χ1v) is 5.53. The number of hydrogen-bond donors (Lipinski definition) is 2. The summed E-state index contributed by atoms with van der Waals surface area (Å²) in [6.07, 6.45) is 0.911. The largest absolute Gasteiger partial charge is 0.465 e. The van der Waals surface area contributed by atoms with Crippen molar-refractivity contribution in [2.75, 3.05) is 19.7 Å². The average Bonchev–Trinajstić information content (AvgIpc) is 2.50. The van der Waals surface area contributed by atoms with Crippen LogP contribution < -0.4 is 0 Å². The molecular formula is C10H16N2O4. The molecule has 2 aliphatic heterocycles. The van der Waals surface area contributed by atoms with Crippen LogP contribution in [0.25, 0.3) is 0 Å². The SMILES string of the molecule is O=C(CCO)N1CC2CCC(C1)N2C(=O)O. The Labute approximate surface area is 93.4 Å². The van der Waals surface area contributed by atoms with Crippen LogP contribution >= 0.6 is 0 Å². The second-order valence-electron chi connectivity index (χ2n) is 4.35. The van der Waals surface area contributed by atoms with Crippen molar-refractivity contribution in [1.29, 1.82) is 0 Å². The van der Waals surface area contributed by atoms with Gasteiger partial charge in [0.2, 0.25) is 5.91 Å². The van der Waals surface area contributed by atoms with Crippen molar-refractivity contribution in [2.24, 2.45) is 0 Å². The molecule has 16 heavy (non-hydrogen) atoms. The van der Waals surface area contributed by atoms with E-state index in [0.717, 1.165) is 12.8 Å². The number of fused-ring (bicyclic) bond motifs is 2. The van der Waals surface area contributed by atoms with Crippen molar-refractivity contribution in [3.05, 3.63) is 0 Å². The van der Waals surface area contributed by atoms with E-state index in [1.807, 2.05) is 0 Å². The molecule has 6 nitrogen and oxygen atoms in total. The van der Waals surface area contributed by atoms with Crippen LogP contribution in [0.1, 0.15) is 19.3 Å². The van der Waals surface area contributed by atoms with E-state index in [9.17, 15) is 9.59 Å². The number of carbonyl (C=O) groups is 2. The number of aliphatic hydroxyl groups excluding tert-OH is 1. The minimum absolute atomic E-state index is 0.0566. The Bertz CT molecular complexity index is 293. The molecule has 0 aromatic rings. The summed E-state index contributed by atoms with van der Waals surface area (Å²) in [6.45, 7) is 0.802. The number of carboxylic acid groups (broad SMARTS) is 1. The van der Waals surface area contributed by atoms with Crippen LogP contribution in [0.4, 0.5) is 4.79 Å². The monoisotopic (exact) mass is 228 g/mol. The molecule has 6 heteroatoms. The van der Waals surface area contributed by atoms with Crippen LogP contribution in [-0.2, 0) is 4.79 Å². The Morgan fingerprint density at radius 2 is 1.75 bits per heavy atom. The van der Waals surface area contributed by atoms with Gasteiger partial charge in [-0.3, -0.25) is 9.69 Å². The molecule has 2 heterocycles. The number of aliphatic hydroxyl groups is 1. The number of nitrogens with zero attached hydrogens (tertiary/aromatic N) is 2. The van der Waals surface area contributed by atoms with Crippen molar-refractivity contribution < 1.29 is 19.8 Å². The maximum Gasteiger partial charge on any atom is 0.407 e. The fourth-order valence-electron chi connectivity index (χ4n) is 2.67. The van der Waals surface area contributed by atoms with Gasteiger partial charge in [-0.2, -0.15) is 0 Å². The second kappa shape index (κ2) is 4.29. The molecule has 0 aromatic heterocycles. The highest BCUT2D eigenvalue weighted by atomic mass is 16.4. The summed E-state index contributed by atoms with van der Waals surface area (Å²) in [5.74, 6) is -0.0792. The van der Waals surface area contributed by atoms with Crippen LogP contribution in [-0.4, -0.2) is 63.8 Å². The molecular weight excluding hydrogens is 212 g/mol. The first kappa shape index (κ1) is 11.2. The molecule has 2 N–H and O–H groups in total. The third-order valence-corrected chi connectivity index (χ3v) is 3.38. The highest BCUT2D eigenvalue weighted by Gasteiger charge is 2.43. The number of likely N-dealkylation sites (tertiary alicyclic amines) is 1. The zero-order valence-electron chi connectivity index (χ0n) is 9.00. The number of piperazine rings is 1. The molecule has 0 aromatic carbocycles. The predicted molar refractivity (Wildman–Crippen MR) is 55.0 cm³/mol. The van der Waals surface area contributed by atoms with E-state index in [0.29, 0.717) is 13.1 Å². The maximum atomic E-state index is 11.6. The molecule has 2 aliphatic rings. The van der Waals surface area contributed by atoms with Gasteiger partial charge in [0.15, 0.2) is 0 Å². The van der Waals surface area contributed by atoms with Gasteiger partial charge in [0.25, 0.3) is 0 Å². The van der Waals surface area contributed by atoms with Crippen molar-refractivity contribution >= 4 is 12.0 Å². The van der Waals surface area contributed by atoms with E-state index >= 15 is 0 Å². The van der Waals surface area contributed by atoms with Gasteiger partial charge in [0.05, 0.1) is 18.7 Å². The summed E-state index contributed by atoms with van der Waals surface area (Å²) < 4.78 is 0. The number of hydrogen-bond acceptors (Lipinski definition) is 3. The minimum Gasteiger partial charge on any atom is -0.465 e. The minimum atomic E-state index is -0.887. The summed E-state index contributed by atoms with van der Waals surface area (Å²) >= 11 is 0. The van der Waals surface area contributed by atoms with Gasteiger partial charge in [-0.05, 0) is 12.8 Å². The Morgan fingerprint density at radius 3 is 2.19 bits per heavy atom. The van der Waals surface area contributed by atoms with Crippen LogP contribution in [0.5, 0.6) is 0 Å². The third-order valence-electron chi connectivity index (χ3n) is 3.38. The smallest absolute Gasteiger partial charge is 0.407 e. The molecule has 2 amide bonds. The third kappa shape index (κ3) is 1.84. The molecule has 0 aliphatic carbocycles. The first-order valence-electron chi connectivity index (χ1n) is 5.53. The molecule has 2 saturated heterocycles. The van der Waals surface area contributed by atoms with E-state index in [1.54, 1.807) is 4.90 Å². The fourth-order valence-corrected chi connectivity index (χ4v) is 2.67. The number of rotatable bonds is 2. The molecule has 2 atom stereocenters. The van der Waals surface area contributed by atoms with E-state index in [4.69, 9.17) is 10.2 Å². The average molecular weight is 228 g/mol. The molecule has 0 saturated carbocycles. The maximum absolute atomic E-state index is 11.6. The second-order valence-corrected chi connectivity index (χ2v) is 4.35. The summed E-state index contributed by atoms with van der Waals surface area (Å²) in [6, 6.07) is -0.113. The standard InChI is InChI=1S/C10H16N2O4/c13-4-3-9(14)11-5-7-1-2-8(6-11)12(7)10(15)16/h7-8,13H,1-6H2,(H,15,16). The zero-order valence-corrected chi connectivity index (χ0v) is 9.00. The summed E-state index contributed by atoms with van der Waals surface area (Å²) in [5, 5.41) is 17.7. The van der Waals surface area contributed by atoms with Crippen LogP contribution in [0.3, 0.4) is 0 Å². The number of carbonyl (C=O) groups excluding carboxylic acids is 1.